The van der Waals surface area contributed by atoms with Gasteiger partial charge in [-0.05, 0) is 12.1 Å². The molecule has 0 radical (unpaired) electrons. The number of benzene rings is 1. The molecule has 18 heavy (non-hydrogen) atoms. The Morgan fingerprint density at radius 2 is 2.22 bits per heavy atom. The number of nitrogens with one attached hydrogen (secondary N) is 1. The third kappa shape index (κ3) is 2.42. The SMILES string of the molecule is COC(=O)Nc1cccc(-c2cc(N)n(C)n2)c1. The van der Waals surface area contributed by atoms with Gasteiger partial charge in [0.1, 0.15) is 5.82 Å². The summed E-state index contributed by atoms with van der Waals surface area (Å²) in [6.07, 6.45) is -0.507. The number of amides is 1. The molecule has 0 bridgehead atoms. The summed E-state index contributed by atoms with van der Waals surface area (Å²) in [5, 5.41) is 6.86. The average molecular weight is 246 g/mol. The van der Waals surface area contributed by atoms with E-state index in [2.05, 4.69) is 15.2 Å². The molecular formula is C12H14N4O2. The van der Waals surface area contributed by atoms with Crippen LogP contribution < -0.4 is 11.1 Å². The summed E-state index contributed by atoms with van der Waals surface area (Å²) in [6, 6.07) is 9.07. The molecule has 0 aliphatic heterocycles. The van der Waals surface area contributed by atoms with Gasteiger partial charge >= 0.3 is 6.09 Å². The number of hydrogen-bond donors (Lipinski definition) is 2. The van der Waals surface area contributed by atoms with Gasteiger partial charge in [-0.25, -0.2) is 4.79 Å². The highest BCUT2D eigenvalue weighted by Crippen LogP contribution is 2.22. The van der Waals surface area contributed by atoms with E-state index in [0.717, 1.165) is 11.3 Å². The van der Waals surface area contributed by atoms with Crippen LogP contribution in [-0.2, 0) is 11.8 Å². The number of carbonyl (C=O) groups is 1. The largest absolute Gasteiger partial charge is 0.453 e. The minimum absolute atomic E-state index is 0.507. The number of nitrogens with two attached hydrogens (primary N) is 1. The van der Waals surface area contributed by atoms with Crippen LogP contribution in [0.1, 0.15) is 0 Å². The second kappa shape index (κ2) is 4.79. The summed E-state index contributed by atoms with van der Waals surface area (Å²) in [5.41, 5.74) is 8.00. The number of carbonyl (C=O) groups excluding carboxylic acids is 1. The fourth-order valence-corrected chi connectivity index (χ4v) is 1.55. The Labute approximate surface area is 104 Å². The number of rotatable bonds is 2. The number of aromatic nitrogens is 2. The van der Waals surface area contributed by atoms with Crippen LogP contribution in [0.4, 0.5) is 16.3 Å². The Hall–Kier alpha value is -2.50. The van der Waals surface area contributed by atoms with Crippen molar-refractivity contribution in [3.05, 3.63) is 30.3 Å². The first-order chi connectivity index (χ1) is 8.60. The molecule has 0 fully saturated rings. The molecule has 1 amide bonds. The first-order valence-electron chi connectivity index (χ1n) is 5.35. The highest BCUT2D eigenvalue weighted by atomic mass is 16.5. The van der Waals surface area contributed by atoms with Crippen LogP contribution in [0.3, 0.4) is 0 Å². The van der Waals surface area contributed by atoms with Gasteiger partial charge in [-0.15, -0.1) is 0 Å². The second-order valence-corrected chi connectivity index (χ2v) is 3.78. The van der Waals surface area contributed by atoms with Gasteiger partial charge in [0, 0.05) is 24.4 Å². The molecule has 2 aromatic rings. The van der Waals surface area contributed by atoms with E-state index in [9.17, 15) is 4.79 Å². The molecule has 0 aliphatic carbocycles. The molecule has 0 spiro atoms. The first kappa shape index (κ1) is 12.0. The Balaban J connectivity index is 2.29. The zero-order chi connectivity index (χ0) is 13.1. The topological polar surface area (TPSA) is 82.2 Å². The molecule has 1 aromatic heterocycles. The standard InChI is InChI=1S/C12H14N4O2/c1-16-11(13)7-10(15-16)8-4-3-5-9(6-8)14-12(17)18-2/h3-7H,13H2,1-2H3,(H,14,17). The maximum Gasteiger partial charge on any atom is 0.411 e. The van der Waals surface area contributed by atoms with E-state index in [0.29, 0.717) is 11.5 Å². The van der Waals surface area contributed by atoms with Gasteiger partial charge < -0.3 is 10.5 Å². The molecule has 6 heteroatoms. The molecule has 6 nitrogen and oxygen atoms in total. The van der Waals surface area contributed by atoms with E-state index in [1.165, 1.54) is 7.11 Å². The van der Waals surface area contributed by atoms with Gasteiger partial charge in [0.05, 0.1) is 12.8 Å². The monoisotopic (exact) mass is 246 g/mol. The fourth-order valence-electron chi connectivity index (χ4n) is 1.55. The first-order valence-corrected chi connectivity index (χ1v) is 5.35. The molecule has 1 heterocycles. The van der Waals surface area contributed by atoms with Crippen LogP contribution in [0.15, 0.2) is 30.3 Å². The van der Waals surface area contributed by atoms with E-state index in [-0.39, 0.29) is 0 Å². The van der Waals surface area contributed by atoms with E-state index in [4.69, 9.17) is 5.73 Å². The minimum atomic E-state index is -0.507. The van der Waals surface area contributed by atoms with Crippen LogP contribution in [0, 0.1) is 0 Å². The van der Waals surface area contributed by atoms with Crippen molar-refractivity contribution in [2.75, 3.05) is 18.2 Å². The molecule has 3 N–H and O–H groups in total. The van der Waals surface area contributed by atoms with E-state index in [1.807, 2.05) is 12.1 Å². The number of ether oxygens (including phenoxy) is 1. The normalized spacial score (nSPS) is 10.1. The van der Waals surface area contributed by atoms with E-state index >= 15 is 0 Å². The molecule has 0 saturated carbocycles. The summed E-state index contributed by atoms with van der Waals surface area (Å²) >= 11 is 0. The maximum atomic E-state index is 11.1. The molecule has 94 valence electrons. The highest BCUT2D eigenvalue weighted by Gasteiger charge is 2.06. The number of methoxy groups -OCH3 is 1. The summed E-state index contributed by atoms with van der Waals surface area (Å²) < 4.78 is 6.13. The van der Waals surface area contributed by atoms with Crippen LogP contribution in [0.25, 0.3) is 11.3 Å². The van der Waals surface area contributed by atoms with Crippen molar-refractivity contribution in [3.63, 3.8) is 0 Å². The fraction of sp³-hybridized carbons (Fsp3) is 0.167. The average Bonchev–Trinajstić information content (AvgIpc) is 2.70. The highest BCUT2D eigenvalue weighted by molar-refractivity contribution is 5.85. The minimum Gasteiger partial charge on any atom is -0.453 e. The molecule has 2 rings (SSSR count). The van der Waals surface area contributed by atoms with Gasteiger partial charge in [-0.1, -0.05) is 12.1 Å². The van der Waals surface area contributed by atoms with Crippen molar-refractivity contribution in [3.8, 4) is 11.3 Å². The van der Waals surface area contributed by atoms with E-state index in [1.54, 1.807) is 29.9 Å². The van der Waals surface area contributed by atoms with Gasteiger partial charge in [-0.2, -0.15) is 5.10 Å². The number of nitrogens with zero attached hydrogens (tertiary/aromatic N) is 2. The number of hydrogen-bond acceptors (Lipinski definition) is 4. The Morgan fingerprint density at radius 3 is 2.83 bits per heavy atom. The smallest absolute Gasteiger partial charge is 0.411 e. The zero-order valence-corrected chi connectivity index (χ0v) is 10.2. The quantitative estimate of drug-likeness (QED) is 0.847. The molecule has 1 aromatic carbocycles. The van der Waals surface area contributed by atoms with Crippen LogP contribution >= 0.6 is 0 Å². The number of nitrogen functional groups attached to an aromatic ring is 1. The van der Waals surface area contributed by atoms with Crippen molar-refractivity contribution < 1.29 is 9.53 Å². The lowest BCUT2D eigenvalue weighted by atomic mass is 10.1. The third-order valence-corrected chi connectivity index (χ3v) is 2.51. The lowest BCUT2D eigenvalue weighted by Gasteiger charge is -2.04. The van der Waals surface area contributed by atoms with Gasteiger partial charge in [-0.3, -0.25) is 10.00 Å². The van der Waals surface area contributed by atoms with Crippen molar-refractivity contribution >= 4 is 17.6 Å². The van der Waals surface area contributed by atoms with Crippen LogP contribution in [0.2, 0.25) is 0 Å². The lowest BCUT2D eigenvalue weighted by molar-refractivity contribution is 0.187. The third-order valence-electron chi connectivity index (χ3n) is 2.51. The van der Waals surface area contributed by atoms with Crippen molar-refractivity contribution in [1.82, 2.24) is 9.78 Å². The number of anilines is 2. The van der Waals surface area contributed by atoms with Gasteiger partial charge in [0.2, 0.25) is 0 Å². The predicted molar refractivity (Wildman–Crippen MR) is 69.1 cm³/mol. The van der Waals surface area contributed by atoms with E-state index < -0.39 is 6.09 Å². The van der Waals surface area contributed by atoms with Gasteiger partial charge in [0.25, 0.3) is 0 Å². The molecular weight excluding hydrogens is 232 g/mol. The Kier molecular flexibility index (Phi) is 3.18. The Bertz CT molecular complexity index is 558. The van der Waals surface area contributed by atoms with Crippen LogP contribution in [-0.4, -0.2) is 23.0 Å². The van der Waals surface area contributed by atoms with Crippen molar-refractivity contribution in [2.45, 2.75) is 0 Å². The molecule has 0 aliphatic rings. The van der Waals surface area contributed by atoms with Crippen molar-refractivity contribution in [2.24, 2.45) is 7.05 Å². The summed E-state index contributed by atoms with van der Waals surface area (Å²) in [7, 11) is 3.09. The molecule has 0 atom stereocenters. The Morgan fingerprint density at radius 1 is 1.44 bits per heavy atom. The predicted octanol–water partition coefficient (Wildman–Crippen LogP) is 1.85. The number of aryl methyl sites for hydroxylation is 1. The second-order valence-electron chi connectivity index (χ2n) is 3.78. The van der Waals surface area contributed by atoms with Crippen molar-refractivity contribution in [1.29, 1.82) is 0 Å². The van der Waals surface area contributed by atoms with Crippen LogP contribution in [0.5, 0.6) is 0 Å². The lowest BCUT2D eigenvalue weighted by Crippen LogP contribution is -2.10. The molecule has 0 unspecified atom stereocenters. The summed E-state index contributed by atoms with van der Waals surface area (Å²) in [6.45, 7) is 0. The molecule has 0 saturated heterocycles. The zero-order valence-electron chi connectivity index (χ0n) is 10.2. The summed E-state index contributed by atoms with van der Waals surface area (Å²) in [4.78, 5) is 11.1. The maximum absolute atomic E-state index is 11.1. The summed E-state index contributed by atoms with van der Waals surface area (Å²) in [5.74, 6) is 0.580. The van der Waals surface area contributed by atoms with Gasteiger partial charge in [0.15, 0.2) is 0 Å².